The molecular formula is C12H11N3O3S. The first-order valence-electron chi connectivity index (χ1n) is 5.45. The SMILES string of the molecule is Cc1nc(CNC(=O)c2ncccc2C(=O)O)cs1. The van der Waals surface area contributed by atoms with Gasteiger partial charge < -0.3 is 10.4 Å². The molecule has 0 unspecified atom stereocenters. The fourth-order valence-electron chi connectivity index (χ4n) is 1.50. The van der Waals surface area contributed by atoms with Gasteiger partial charge in [-0.25, -0.2) is 9.78 Å². The van der Waals surface area contributed by atoms with Crippen molar-refractivity contribution in [3.8, 4) is 0 Å². The van der Waals surface area contributed by atoms with Crippen LogP contribution in [0.1, 0.15) is 31.5 Å². The van der Waals surface area contributed by atoms with E-state index in [9.17, 15) is 9.59 Å². The van der Waals surface area contributed by atoms with Crippen molar-refractivity contribution in [2.45, 2.75) is 13.5 Å². The van der Waals surface area contributed by atoms with Gasteiger partial charge in [-0.3, -0.25) is 9.78 Å². The van der Waals surface area contributed by atoms with Gasteiger partial charge in [0.2, 0.25) is 0 Å². The molecule has 0 fully saturated rings. The van der Waals surface area contributed by atoms with E-state index in [0.29, 0.717) is 0 Å². The summed E-state index contributed by atoms with van der Waals surface area (Å²) in [6, 6.07) is 2.82. The van der Waals surface area contributed by atoms with Gasteiger partial charge >= 0.3 is 5.97 Å². The number of hydrogen-bond acceptors (Lipinski definition) is 5. The van der Waals surface area contributed by atoms with Crippen LogP contribution in [-0.4, -0.2) is 27.0 Å². The summed E-state index contributed by atoms with van der Waals surface area (Å²) in [6.45, 7) is 2.12. The third-order valence-corrected chi connectivity index (χ3v) is 3.17. The Morgan fingerprint density at radius 1 is 1.47 bits per heavy atom. The normalized spacial score (nSPS) is 10.2. The van der Waals surface area contributed by atoms with Crippen LogP contribution in [0.5, 0.6) is 0 Å². The van der Waals surface area contributed by atoms with Crippen molar-refractivity contribution in [1.29, 1.82) is 0 Å². The molecule has 0 radical (unpaired) electrons. The van der Waals surface area contributed by atoms with Gasteiger partial charge in [0.05, 0.1) is 22.8 Å². The van der Waals surface area contributed by atoms with Crippen molar-refractivity contribution in [2.24, 2.45) is 0 Å². The predicted molar refractivity (Wildman–Crippen MR) is 69.2 cm³/mol. The first-order chi connectivity index (χ1) is 9.08. The predicted octanol–water partition coefficient (Wildman–Crippen LogP) is 1.47. The number of carbonyl (C=O) groups is 2. The number of carboxylic acids is 1. The number of rotatable bonds is 4. The average molecular weight is 277 g/mol. The van der Waals surface area contributed by atoms with Crippen LogP contribution >= 0.6 is 11.3 Å². The van der Waals surface area contributed by atoms with Crippen LogP contribution in [0.15, 0.2) is 23.7 Å². The van der Waals surface area contributed by atoms with Gasteiger partial charge in [-0.1, -0.05) is 0 Å². The van der Waals surface area contributed by atoms with Gasteiger partial charge in [-0.2, -0.15) is 0 Å². The lowest BCUT2D eigenvalue weighted by Crippen LogP contribution is -2.26. The lowest BCUT2D eigenvalue weighted by Gasteiger charge is -2.05. The average Bonchev–Trinajstić information content (AvgIpc) is 2.81. The summed E-state index contributed by atoms with van der Waals surface area (Å²) >= 11 is 1.49. The van der Waals surface area contributed by atoms with Crippen molar-refractivity contribution in [3.63, 3.8) is 0 Å². The Balaban J connectivity index is 2.10. The number of thiazole rings is 1. The molecule has 2 heterocycles. The second kappa shape index (κ2) is 5.57. The van der Waals surface area contributed by atoms with Crippen LogP contribution in [0.4, 0.5) is 0 Å². The minimum Gasteiger partial charge on any atom is -0.478 e. The lowest BCUT2D eigenvalue weighted by atomic mass is 10.2. The Morgan fingerprint density at radius 2 is 2.26 bits per heavy atom. The highest BCUT2D eigenvalue weighted by molar-refractivity contribution is 7.09. The maximum absolute atomic E-state index is 11.9. The van der Waals surface area contributed by atoms with Gasteiger partial charge in [0.25, 0.3) is 5.91 Å². The number of carbonyl (C=O) groups excluding carboxylic acids is 1. The molecule has 0 saturated heterocycles. The summed E-state index contributed by atoms with van der Waals surface area (Å²) in [6.07, 6.45) is 1.38. The number of pyridine rings is 1. The molecule has 98 valence electrons. The Labute approximate surface area is 113 Å². The molecule has 0 aliphatic heterocycles. The number of aromatic carboxylic acids is 1. The van der Waals surface area contributed by atoms with Crippen LogP contribution in [-0.2, 0) is 6.54 Å². The van der Waals surface area contributed by atoms with E-state index < -0.39 is 11.9 Å². The van der Waals surface area contributed by atoms with E-state index >= 15 is 0 Å². The van der Waals surface area contributed by atoms with E-state index in [1.807, 2.05) is 12.3 Å². The fourth-order valence-corrected chi connectivity index (χ4v) is 2.12. The van der Waals surface area contributed by atoms with Crippen LogP contribution < -0.4 is 5.32 Å². The largest absolute Gasteiger partial charge is 0.478 e. The highest BCUT2D eigenvalue weighted by atomic mass is 32.1. The molecule has 0 bridgehead atoms. The first kappa shape index (κ1) is 13.2. The van der Waals surface area contributed by atoms with Gasteiger partial charge in [0, 0.05) is 11.6 Å². The summed E-state index contributed by atoms with van der Waals surface area (Å²) in [5.74, 6) is -1.70. The monoisotopic (exact) mass is 277 g/mol. The number of amides is 1. The number of nitrogens with zero attached hydrogens (tertiary/aromatic N) is 2. The van der Waals surface area contributed by atoms with E-state index in [1.54, 1.807) is 0 Å². The van der Waals surface area contributed by atoms with E-state index in [0.717, 1.165) is 10.7 Å². The minimum atomic E-state index is -1.18. The number of carboxylic acid groups (broad SMARTS) is 1. The summed E-state index contributed by atoms with van der Waals surface area (Å²) in [5.41, 5.74) is 0.528. The molecule has 0 aromatic carbocycles. The second-order valence-electron chi connectivity index (χ2n) is 3.75. The summed E-state index contributed by atoms with van der Waals surface area (Å²) in [7, 11) is 0. The Hall–Kier alpha value is -2.28. The third-order valence-electron chi connectivity index (χ3n) is 2.35. The molecule has 1 amide bonds. The number of aryl methyl sites for hydroxylation is 1. The van der Waals surface area contributed by atoms with E-state index in [2.05, 4.69) is 15.3 Å². The Morgan fingerprint density at radius 3 is 2.89 bits per heavy atom. The molecule has 0 atom stereocenters. The van der Waals surface area contributed by atoms with Crippen molar-refractivity contribution >= 4 is 23.2 Å². The summed E-state index contributed by atoms with van der Waals surface area (Å²) in [5, 5.41) is 14.3. The van der Waals surface area contributed by atoms with Crippen LogP contribution in [0.2, 0.25) is 0 Å². The molecule has 7 heteroatoms. The Bertz CT molecular complexity index is 624. The molecule has 0 aliphatic rings. The third kappa shape index (κ3) is 3.14. The van der Waals surface area contributed by atoms with Crippen molar-refractivity contribution < 1.29 is 14.7 Å². The molecule has 2 N–H and O–H groups in total. The quantitative estimate of drug-likeness (QED) is 0.883. The second-order valence-corrected chi connectivity index (χ2v) is 4.81. The van der Waals surface area contributed by atoms with Crippen molar-refractivity contribution in [3.05, 3.63) is 45.7 Å². The zero-order valence-electron chi connectivity index (χ0n) is 10.1. The molecule has 0 aliphatic carbocycles. The van der Waals surface area contributed by atoms with E-state index in [1.165, 1.54) is 29.7 Å². The van der Waals surface area contributed by atoms with Crippen LogP contribution in [0, 0.1) is 6.92 Å². The summed E-state index contributed by atoms with van der Waals surface area (Å²) < 4.78 is 0. The molecule has 19 heavy (non-hydrogen) atoms. The molecule has 0 spiro atoms. The van der Waals surface area contributed by atoms with Crippen LogP contribution in [0.25, 0.3) is 0 Å². The number of hydrogen-bond donors (Lipinski definition) is 2. The van der Waals surface area contributed by atoms with Crippen molar-refractivity contribution in [2.75, 3.05) is 0 Å². The highest BCUT2D eigenvalue weighted by Crippen LogP contribution is 2.09. The van der Waals surface area contributed by atoms with Crippen molar-refractivity contribution in [1.82, 2.24) is 15.3 Å². The lowest BCUT2D eigenvalue weighted by molar-refractivity contribution is 0.0690. The first-order valence-corrected chi connectivity index (χ1v) is 6.33. The smallest absolute Gasteiger partial charge is 0.338 e. The molecule has 6 nitrogen and oxygen atoms in total. The molecule has 2 rings (SSSR count). The summed E-state index contributed by atoms with van der Waals surface area (Å²) in [4.78, 5) is 30.9. The number of nitrogens with one attached hydrogen (secondary N) is 1. The maximum atomic E-state index is 11.9. The minimum absolute atomic E-state index is 0.0954. The zero-order chi connectivity index (χ0) is 13.8. The van der Waals surface area contributed by atoms with Crippen LogP contribution in [0.3, 0.4) is 0 Å². The van der Waals surface area contributed by atoms with Gasteiger partial charge in [0.1, 0.15) is 5.69 Å². The standard InChI is InChI=1S/C12H11N3O3S/c1-7-15-8(6-19-7)5-14-11(16)10-9(12(17)18)3-2-4-13-10/h2-4,6H,5H2,1H3,(H,14,16)(H,17,18). The zero-order valence-corrected chi connectivity index (χ0v) is 10.9. The highest BCUT2D eigenvalue weighted by Gasteiger charge is 2.17. The number of aromatic nitrogens is 2. The maximum Gasteiger partial charge on any atom is 0.338 e. The van der Waals surface area contributed by atoms with E-state index in [4.69, 9.17) is 5.11 Å². The fraction of sp³-hybridized carbons (Fsp3) is 0.167. The van der Waals surface area contributed by atoms with E-state index in [-0.39, 0.29) is 17.8 Å². The molecule has 2 aromatic rings. The molecular weight excluding hydrogens is 266 g/mol. The van der Waals surface area contributed by atoms with Gasteiger partial charge in [0.15, 0.2) is 0 Å². The van der Waals surface area contributed by atoms with Gasteiger partial charge in [-0.05, 0) is 19.1 Å². The molecule has 2 aromatic heterocycles. The van der Waals surface area contributed by atoms with Gasteiger partial charge in [-0.15, -0.1) is 11.3 Å². The molecule has 0 saturated carbocycles. The Kier molecular flexibility index (Phi) is 3.86. The topological polar surface area (TPSA) is 92.2 Å².